The van der Waals surface area contributed by atoms with Gasteiger partial charge < -0.3 is 10.1 Å². The molecular formula is C14H22N2O3S. The lowest BCUT2D eigenvalue weighted by Crippen LogP contribution is -2.37. The van der Waals surface area contributed by atoms with Crippen molar-refractivity contribution in [2.75, 3.05) is 25.6 Å². The third-order valence-electron chi connectivity index (χ3n) is 3.51. The number of rotatable bonds is 6. The normalized spacial score (nSPS) is 16.3. The molecule has 1 heterocycles. The highest BCUT2D eigenvalue weighted by Crippen LogP contribution is 2.25. The first-order chi connectivity index (χ1) is 9.56. The lowest BCUT2D eigenvalue weighted by atomic mass is 10.0. The van der Waals surface area contributed by atoms with E-state index >= 15 is 0 Å². The van der Waals surface area contributed by atoms with Crippen molar-refractivity contribution in [3.63, 3.8) is 0 Å². The SMILES string of the molecule is CCC(COC)NS(=O)(=O)c1ccc2c(c1)CCCN2. The van der Waals surface area contributed by atoms with Gasteiger partial charge in [0, 0.05) is 25.4 Å². The van der Waals surface area contributed by atoms with E-state index in [1.165, 1.54) is 0 Å². The number of hydrogen-bond donors (Lipinski definition) is 2. The molecule has 1 aliphatic rings. The summed E-state index contributed by atoms with van der Waals surface area (Å²) in [6.07, 6.45) is 2.64. The molecule has 0 spiro atoms. The number of nitrogens with one attached hydrogen (secondary N) is 2. The molecule has 0 aromatic heterocycles. The van der Waals surface area contributed by atoms with Crippen LogP contribution < -0.4 is 10.0 Å². The first-order valence-electron chi connectivity index (χ1n) is 6.95. The van der Waals surface area contributed by atoms with Crippen molar-refractivity contribution in [1.29, 1.82) is 0 Å². The second kappa shape index (κ2) is 6.56. The highest BCUT2D eigenvalue weighted by Gasteiger charge is 2.20. The average Bonchev–Trinajstić information content (AvgIpc) is 2.46. The predicted molar refractivity (Wildman–Crippen MR) is 79.5 cm³/mol. The maximum atomic E-state index is 12.4. The van der Waals surface area contributed by atoms with E-state index < -0.39 is 10.0 Å². The molecule has 1 aromatic rings. The average molecular weight is 298 g/mol. The van der Waals surface area contributed by atoms with Gasteiger partial charge in [-0.25, -0.2) is 13.1 Å². The van der Waals surface area contributed by atoms with E-state index in [0.717, 1.165) is 30.6 Å². The van der Waals surface area contributed by atoms with Gasteiger partial charge in [0.2, 0.25) is 10.0 Å². The van der Waals surface area contributed by atoms with Gasteiger partial charge in [0.25, 0.3) is 0 Å². The molecule has 20 heavy (non-hydrogen) atoms. The standard InChI is InChI=1S/C14H22N2O3S/c1-3-12(10-19-2)16-20(17,18)13-6-7-14-11(9-13)5-4-8-15-14/h6-7,9,12,15-16H,3-5,8,10H2,1-2H3. The van der Waals surface area contributed by atoms with Gasteiger partial charge in [0.15, 0.2) is 0 Å². The third kappa shape index (κ3) is 3.50. The first-order valence-corrected chi connectivity index (χ1v) is 8.43. The number of sulfonamides is 1. The van der Waals surface area contributed by atoms with Gasteiger partial charge in [-0.1, -0.05) is 6.92 Å². The molecule has 0 aliphatic carbocycles. The van der Waals surface area contributed by atoms with Gasteiger partial charge in [-0.3, -0.25) is 0 Å². The summed E-state index contributed by atoms with van der Waals surface area (Å²) in [6, 6.07) is 5.07. The summed E-state index contributed by atoms with van der Waals surface area (Å²) in [7, 11) is -1.91. The number of anilines is 1. The molecule has 2 rings (SSSR count). The summed E-state index contributed by atoms with van der Waals surface area (Å²) in [5.41, 5.74) is 2.11. The first kappa shape index (κ1) is 15.3. The molecule has 1 atom stereocenters. The van der Waals surface area contributed by atoms with Gasteiger partial charge in [0.05, 0.1) is 11.5 Å². The minimum Gasteiger partial charge on any atom is -0.385 e. The van der Waals surface area contributed by atoms with Crippen molar-refractivity contribution in [3.8, 4) is 0 Å². The minimum absolute atomic E-state index is 0.195. The number of ether oxygens (including phenoxy) is 1. The van der Waals surface area contributed by atoms with Crippen LogP contribution in [0.3, 0.4) is 0 Å². The Morgan fingerprint density at radius 1 is 1.45 bits per heavy atom. The van der Waals surface area contributed by atoms with E-state index in [4.69, 9.17) is 4.74 Å². The Bertz CT molecular complexity index is 558. The van der Waals surface area contributed by atoms with Crippen molar-refractivity contribution in [2.24, 2.45) is 0 Å². The molecule has 5 nitrogen and oxygen atoms in total. The summed E-state index contributed by atoms with van der Waals surface area (Å²) in [5.74, 6) is 0. The summed E-state index contributed by atoms with van der Waals surface area (Å²) >= 11 is 0. The molecule has 0 saturated heterocycles. The van der Waals surface area contributed by atoms with Gasteiger partial charge in [-0.05, 0) is 43.0 Å². The molecular weight excluding hydrogens is 276 g/mol. The van der Waals surface area contributed by atoms with Crippen LogP contribution in [-0.4, -0.2) is 34.7 Å². The van der Waals surface area contributed by atoms with Crippen LogP contribution in [0.15, 0.2) is 23.1 Å². The second-order valence-corrected chi connectivity index (χ2v) is 6.75. The van der Waals surface area contributed by atoms with E-state index in [1.807, 2.05) is 13.0 Å². The molecule has 0 radical (unpaired) electrons. The maximum absolute atomic E-state index is 12.4. The molecule has 112 valence electrons. The Kier molecular flexibility index (Phi) is 5.01. The zero-order chi connectivity index (χ0) is 14.6. The van der Waals surface area contributed by atoms with Gasteiger partial charge in [-0.15, -0.1) is 0 Å². The van der Waals surface area contributed by atoms with E-state index in [0.29, 0.717) is 17.9 Å². The fourth-order valence-electron chi connectivity index (χ4n) is 2.34. The number of benzene rings is 1. The number of methoxy groups -OCH3 is 1. The number of aryl methyl sites for hydroxylation is 1. The Morgan fingerprint density at radius 2 is 2.25 bits per heavy atom. The maximum Gasteiger partial charge on any atom is 0.240 e. The largest absolute Gasteiger partial charge is 0.385 e. The number of fused-ring (bicyclic) bond motifs is 1. The molecule has 0 amide bonds. The highest BCUT2D eigenvalue weighted by atomic mass is 32.2. The smallest absolute Gasteiger partial charge is 0.240 e. The van der Waals surface area contributed by atoms with E-state index in [-0.39, 0.29) is 6.04 Å². The third-order valence-corrected chi connectivity index (χ3v) is 5.03. The predicted octanol–water partition coefficient (Wildman–Crippen LogP) is 1.75. The van der Waals surface area contributed by atoms with Crippen LogP contribution in [0.2, 0.25) is 0 Å². The van der Waals surface area contributed by atoms with Crippen molar-refractivity contribution in [3.05, 3.63) is 23.8 Å². The molecule has 1 unspecified atom stereocenters. The Balaban J connectivity index is 2.20. The summed E-state index contributed by atoms with van der Waals surface area (Å²) in [5, 5.41) is 3.28. The lowest BCUT2D eigenvalue weighted by molar-refractivity contribution is 0.173. The van der Waals surface area contributed by atoms with Crippen molar-refractivity contribution in [1.82, 2.24) is 4.72 Å². The molecule has 6 heteroatoms. The summed E-state index contributed by atoms with van der Waals surface area (Å²) in [4.78, 5) is 0.328. The fraction of sp³-hybridized carbons (Fsp3) is 0.571. The van der Waals surface area contributed by atoms with Gasteiger partial charge in [-0.2, -0.15) is 0 Å². The van der Waals surface area contributed by atoms with Crippen molar-refractivity contribution < 1.29 is 13.2 Å². The van der Waals surface area contributed by atoms with Crippen LogP contribution in [0.4, 0.5) is 5.69 Å². The molecule has 0 bridgehead atoms. The monoisotopic (exact) mass is 298 g/mol. The number of hydrogen-bond acceptors (Lipinski definition) is 4. The molecule has 1 aromatic carbocycles. The zero-order valence-corrected chi connectivity index (χ0v) is 12.8. The Labute approximate surface area is 120 Å². The fourth-order valence-corrected chi connectivity index (χ4v) is 3.70. The lowest BCUT2D eigenvalue weighted by Gasteiger charge is -2.20. The summed E-state index contributed by atoms with van der Waals surface area (Å²) in [6.45, 7) is 3.26. The van der Waals surface area contributed by atoms with Crippen LogP contribution in [0.1, 0.15) is 25.3 Å². The van der Waals surface area contributed by atoms with Crippen LogP contribution in [0.5, 0.6) is 0 Å². The van der Waals surface area contributed by atoms with Gasteiger partial charge >= 0.3 is 0 Å². The van der Waals surface area contributed by atoms with Crippen LogP contribution in [0.25, 0.3) is 0 Å². The second-order valence-electron chi connectivity index (χ2n) is 5.03. The van der Waals surface area contributed by atoms with E-state index in [9.17, 15) is 8.42 Å². The van der Waals surface area contributed by atoms with E-state index in [2.05, 4.69) is 10.0 Å². The molecule has 1 aliphatic heterocycles. The van der Waals surface area contributed by atoms with Crippen molar-refractivity contribution in [2.45, 2.75) is 37.1 Å². The van der Waals surface area contributed by atoms with Crippen LogP contribution >= 0.6 is 0 Å². The Hall–Kier alpha value is -1.11. The quantitative estimate of drug-likeness (QED) is 0.839. The zero-order valence-electron chi connectivity index (χ0n) is 12.0. The van der Waals surface area contributed by atoms with Crippen LogP contribution in [0, 0.1) is 0 Å². The molecule has 2 N–H and O–H groups in total. The molecule has 0 saturated carbocycles. The minimum atomic E-state index is -3.49. The molecule has 0 fully saturated rings. The summed E-state index contributed by atoms with van der Waals surface area (Å²) < 4.78 is 32.5. The van der Waals surface area contributed by atoms with E-state index in [1.54, 1.807) is 19.2 Å². The topological polar surface area (TPSA) is 67.4 Å². The highest BCUT2D eigenvalue weighted by molar-refractivity contribution is 7.89. The van der Waals surface area contributed by atoms with Crippen molar-refractivity contribution >= 4 is 15.7 Å². The van der Waals surface area contributed by atoms with Crippen LogP contribution in [-0.2, 0) is 21.2 Å². The Morgan fingerprint density at radius 3 is 2.95 bits per heavy atom. The van der Waals surface area contributed by atoms with Gasteiger partial charge in [0.1, 0.15) is 0 Å².